The highest BCUT2D eigenvalue weighted by molar-refractivity contribution is 7.99. The van der Waals surface area contributed by atoms with Gasteiger partial charge in [0.1, 0.15) is 0 Å². The van der Waals surface area contributed by atoms with E-state index in [2.05, 4.69) is 20.8 Å². The van der Waals surface area contributed by atoms with Crippen LogP contribution in [0.3, 0.4) is 0 Å². The number of rotatable bonds is 9. The molecule has 2 heterocycles. The van der Waals surface area contributed by atoms with Crippen molar-refractivity contribution in [3.05, 3.63) is 33.6 Å². The molecule has 2 aromatic heterocycles. The summed E-state index contributed by atoms with van der Waals surface area (Å²) in [5.41, 5.74) is 0.292. The van der Waals surface area contributed by atoms with Gasteiger partial charge in [-0.3, -0.25) is 23.4 Å². The zero-order valence-electron chi connectivity index (χ0n) is 17.6. The van der Waals surface area contributed by atoms with E-state index in [4.69, 9.17) is 11.6 Å². The normalized spacial score (nSPS) is 11.4. The number of carbonyl (C=O) groups excluding carboxylic acids is 2. The zero-order valence-corrected chi connectivity index (χ0v) is 19.2. The van der Waals surface area contributed by atoms with Crippen molar-refractivity contribution in [3.63, 3.8) is 0 Å². The third-order valence-corrected chi connectivity index (χ3v) is 5.61. The van der Waals surface area contributed by atoms with Crippen LogP contribution < -0.4 is 16.2 Å². The Morgan fingerprint density at radius 2 is 2.00 bits per heavy atom. The van der Waals surface area contributed by atoms with E-state index in [1.54, 1.807) is 22.6 Å². The number of hydrogen-bond donors (Lipinski definition) is 2. The number of nitrogens with zero attached hydrogens (tertiary/aromatic N) is 4. The molecule has 0 aliphatic heterocycles. The molecule has 3 rings (SSSR count). The molecular formula is C20H25ClN6O3S. The summed E-state index contributed by atoms with van der Waals surface area (Å²) in [6.07, 6.45) is 0.973. The summed E-state index contributed by atoms with van der Waals surface area (Å²) in [5, 5.41) is 15.3. The predicted molar refractivity (Wildman–Crippen MR) is 122 cm³/mol. The first-order valence-corrected chi connectivity index (χ1v) is 11.4. The molecule has 2 amide bonds. The summed E-state index contributed by atoms with van der Waals surface area (Å²) in [7, 11) is 0. The molecule has 0 saturated carbocycles. The predicted octanol–water partition coefficient (Wildman–Crippen LogP) is 2.23. The van der Waals surface area contributed by atoms with Gasteiger partial charge in [-0.05, 0) is 38.5 Å². The van der Waals surface area contributed by atoms with Crippen molar-refractivity contribution in [1.82, 2.24) is 29.8 Å². The molecule has 0 aliphatic rings. The van der Waals surface area contributed by atoms with E-state index in [9.17, 15) is 14.4 Å². The van der Waals surface area contributed by atoms with Crippen molar-refractivity contribution in [2.45, 2.75) is 51.4 Å². The van der Waals surface area contributed by atoms with E-state index < -0.39 is 0 Å². The van der Waals surface area contributed by atoms with Gasteiger partial charge in [-0.2, -0.15) is 0 Å². The van der Waals surface area contributed by atoms with Gasteiger partial charge in [0.05, 0.1) is 16.7 Å². The van der Waals surface area contributed by atoms with Gasteiger partial charge < -0.3 is 10.6 Å². The second-order valence-corrected chi connectivity index (χ2v) is 8.73. The summed E-state index contributed by atoms with van der Waals surface area (Å²) in [5.74, 6) is 0.224. The number of carbonyl (C=O) groups is 2. The minimum atomic E-state index is -0.299. The molecule has 31 heavy (non-hydrogen) atoms. The van der Waals surface area contributed by atoms with Crippen LogP contribution >= 0.6 is 23.4 Å². The first-order valence-electron chi connectivity index (χ1n) is 10.1. The van der Waals surface area contributed by atoms with Crippen LogP contribution in [0, 0.1) is 0 Å². The quantitative estimate of drug-likeness (QED) is 0.470. The molecule has 11 heteroatoms. The molecule has 0 fully saturated rings. The number of amides is 2. The average Bonchev–Trinajstić information content (AvgIpc) is 3.14. The number of benzene rings is 1. The monoisotopic (exact) mass is 464 g/mol. The summed E-state index contributed by atoms with van der Waals surface area (Å²) in [6, 6.07) is 5.01. The number of fused-ring (bicyclic) bond motifs is 3. The maximum atomic E-state index is 13.1. The van der Waals surface area contributed by atoms with E-state index in [0.717, 1.165) is 6.42 Å². The molecule has 0 unspecified atom stereocenters. The van der Waals surface area contributed by atoms with Crippen LogP contribution in [0.2, 0.25) is 5.02 Å². The molecule has 166 valence electrons. The molecular weight excluding hydrogens is 440 g/mol. The van der Waals surface area contributed by atoms with E-state index in [-0.39, 0.29) is 42.1 Å². The van der Waals surface area contributed by atoms with Gasteiger partial charge in [0, 0.05) is 30.6 Å². The molecule has 0 aliphatic carbocycles. The molecule has 3 aromatic rings. The fraction of sp³-hybridized carbons (Fsp3) is 0.450. The van der Waals surface area contributed by atoms with Gasteiger partial charge in [0.25, 0.3) is 5.56 Å². The summed E-state index contributed by atoms with van der Waals surface area (Å²) in [4.78, 5) is 37.3. The second kappa shape index (κ2) is 10.1. The van der Waals surface area contributed by atoms with Crippen molar-refractivity contribution in [2.75, 3.05) is 12.3 Å². The van der Waals surface area contributed by atoms with Crippen LogP contribution in [0.4, 0.5) is 0 Å². The minimum Gasteiger partial charge on any atom is -0.355 e. The SMILES string of the molecule is CCCNC(=O)CSc1nnc2n(CCC(=O)NC(C)C)c(=O)c3cc(Cl)ccc3n12. The van der Waals surface area contributed by atoms with Gasteiger partial charge in [-0.15, -0.1) is 10.2 Å². The Kier molecular flexibility index (Phi) is 7.55. The van der Waals surface area contributed by atoms with Gasteiger partial charge >= 0.3 is 0 Å². The highest BCUT2D eigenvalue weighted by Gasteiger charge is 2.18. The second-order valence-electron chi connectivity index (χ2n) is 7.35. The summed E-state index contributed by atoms with van der Waals surface area (Å²) in [6.45, 7) is 6.48. The van der Waals surface area contributed by atoms with Crippen molar-refractivity contribution >= 4 is 51.9 Å². The molecule has 0 bridgehead atoms. The number of nitrogens with one attached hydrogen (secondary N) is 2. The highest BCUT2D eigenvalue weighted by Crippen LogP contribution is 2.23. The fourth-order valence-corrected chi connectivity index (χ4v) is 4.05. The van der Waals surface area contributed by atoms with Crippen molar-refractivity contribution < 1.29 is 9.59 Å². The Morgan fingerprint density at radius 1 is 1.23 bits per heavy atom. The van der Waals surface area contributed by atoms with Crippen LogP contribution in [0.25, 0.3) is 16.7 Å². The van der Waals surface area contributed by atoms with E-state index in [1.165, 1.54) is 16.3 Å². The molecule has 9 nitrogen and oxygen atoms in total. The lowest BCUT2D eigenvalue weighted by atomic mass is 10.2. The van der Waals surface area contributed by atoms with Gasteiger partial charge in [0.2, 0.25) is 17.6 Å². The average molecular weight is 465 g/mol. The minimum absolute atomic E-state index is 0.00889. The van der Waals surface area contributed by atoms with E-state index >= 15 is 0 Å². The first kappa shape index (κ1) is 23.1. The topological polar surface area (TPSA) is 110 Å². The molecule has 0 radical (unpaired) electrons. The van der Waals surface area contributed by atoms with E-state index in [1.807, 2.05) is 20.8 Å². The number of thioether (sulfide) groups is 1. The largest absolute Gasteiger partial charge is 0.355 e. The summed E-state index contributed by atoms with van der Waals surface area (Å²) >= 11 is 7.36. The Bertz CT molecular complexity index is 1170. The molecule has 0 atom stereocenters. The Labute approximate surface area is 188 Å². The highest BCUT2D eigenvalue weighted by atomic mass is 35.5. The third-order valence-electron chi connectivity index (χ3n) is 4.45. The number of aromatic nitrogens is 4. The maximum Gasteiger partial charge on any atom is 0.262 e. The first-order chi connectivity index (χ1) is 14.8. The maximum absolute atomic E-state index is 13.1. The van der Waals surface area contributed by atoms with Crippen LogP contribution in [0.15, 0.2) is 28.2 Å². The van der Waals surface area contributed by atoms with Crippen molar-refractivity contribution in [2.24, 2.45) is 0 Å². The van der Waals surface area contributed by atoms with Crippen molar-refractivity contribution in [3.8, 4) is 0 Å². The molecule has 1 aromatic carbocycles. The van der Waals surface area contributed by atoms with Crippen LogP contribution in [0.1, 0.15) is 33.6 Å². The van der Waals surface area contributed by atoms with Crippen molar-refractivity contribution in [1.29, 1.82) is 0 Å². The summed E-state index contributed by atoms with van der Waals surface area (Å²) < 4.78 is 3.15. The number of hydrogen-bond acceptors (Lipinski definition) is 6. The third kappa shape index (κ3) is 5.37. The lowest BCUT2D eigenvalue weighted by Gasteiger charge is -2.12. The molecule has 0 spiro atoms. The standard InChI is InChI=1S/C20H25ClN6O3S/c1-4-8-22-17(29)11-31-20-25-24-19-26(9-7-16(28)23-12(2)3)18(30)14-10-13(21)5-6-15(14)27(19)20/h5-6,10,12H,4,7-9,11H2,1-3H3,(H,22,29)(H,23,28). The number of halogens is 1. The van der Waals surface area contributed by atoms with Crippen LogP contribution in [-0.2, 0) is 16.1 Å². The molecule has 2 N–H and O–H groups in total. The Morgan fingerprint density at radius 3 is 2.71 bits per heavy atom. The van der Waals surface area contributed by atoms with Gasteiger partial charge in [0.15, 0.2) is 5.16 Å². The van der Waals surface area contributed by atoms with E-state index in [0.29, 0.717) is 33.4 Å². The van der Waals surface area contributed by atoms with Crippen LogP contribution in [0.5, 0.6) is 0 Å². The smallest absolute Gasteiger partial charge is 0.262 e. The van der Waals surface area contributed by atoms with Gasteiger partial charge in [-0.25, -0.2) is 0 Å². The zero-order chi connectivity index (χ0) is 22.5. The fourth-order valence-electron chi connectivity index (χ4n) is 3.11. The lowest BCUT2D eigenvalue weighted by molar-refractivity contribution is -0.122. The Hall–Kier alpha value is -2.59. The van der Waals surface area contributed by atoms with Gasteiger partial charge in [-0.1, -0.05) is 30.3 Å². The Balaban J connectivity index is 2.02. The van der Waals surface area contributed by atoms with Crippen LogP contribution in [-0.4, -0.2) is 49.3 Å². The molecule has 0 saturated heterocycles. The number of aryl methyl sites for hydroxylation is 1. The lowest BCUT2D eigenvalue weighted by Crippen LogP contribution is -2.32.